The number of fused-ring (bicyclic) bond motifs is 3. The Hall–Kier alpha value is -3.38. The summed E-state index contributed by atoms with van der Waals surface area (Å²) in [5.41, 5.74) is 23.0. The molecule has 1 saturated carbocycles. The van der Waals surface area contributed by atoms with Gasteiger partial charge in [0.2, 0.25) is 0 Å². The Labute approximate surface area is 311 Å². The van der Waals surface area contributed by atoms with Crippen LogP contribution < -0.4 is 0 Å². The molecule has 1 fully saturated rings. The zero-order valence-electron chi connectivity index (χ0n) is 33.8. The Morgan fingerprint density at radius 3 is 2.25 bits per heavy atom. The van der Waals surface area contributed by atoms with E-state index in [0.717, 1.165) is 43.1 Å². The van der Waals surface area contributed by atoms with Crippen molar-refractivity contribution in [2.75, 3.05) is 0 Å². The van der Waals surface area contributed by atoms with Crippen LogP contribution in [0.4, 0.5) is 0 Å². The molecule has 2 aromatic carbocycles. The van der Waals surface area contributed by atoms with E-state index in [1.807, 2.05) is 0 Å². The Bertz CT molecular complexity index is 1990. The number of hydrogen-bond donors (Lipinski definition) is 0. The lowest BCUT2D eigenvalue weighted by Crippen LogP contribution is -2.52. The van der Waals surface area contributed by atoms with E-state index in [2.05, 4.69) is 118 Å². The van der Waals surface area contributed by atoms with Crippen LogP contribution in [-0.4, -0.2) is 0 Å². The molecule has 268 valence electrons. The van der Waals surface area contributed by atoms with Crippen LogP contribution in [-0.2, 0) is 6.42 Å². The van der Waals surface area contributed by atoms with Gasteiger partial charge >= 0.3 is 0 Å². The average molecular weight is 677 g/mol. The van der Waals surface area contributed by atoms with Crippen LogP contribution in [0.2, 0.25) is 0 Å². The minimum absolute atomic E-state index is 0.0425. The van der Waals surface area contributed by atoms with Gasteiger partial charge in [0.25, 0.3) is 0 Å². The van der Waals surface area contributed by atoms with Crippen LogP contribution in [0.1, 0.15) is 158 Å². The fourth-order valence-corrected chi connectivity index (χ4v) is 12.5. The van der Waals surface area contributed by atoms with Crippen LogP contribution in [0.25, 0.3) is 11.1 Å². The van der Waals surface area contributed by atoms with Gasteiger partial charge in [-0.15, -0.1) is 0 Å². The van der Waals surface area contributed by atoms with E-state index in [1.165, 1.54) is 98.9 Å². The lowest BCUT2D eigenvalue weighted by atomic mass is 9.41. The molecule has 5 aliphatic rings. The van der Waals surface area contributed by atoms with Gasteiger partial charge in [0.15, 0.2) is 0 Å². The second-order valence-corrected chi connectivity index (χ2v) is 18.8. The van der Waals surface area contributed by atoms with Crippen molar-refractivity contribution in [3.8, 4) is 0 Å². The molecule has 0 amide bonds. The average Bonchev–Trinajstić information content (AvgIpc) is 3.51. The Morgan fingerprint density at radius 1 is 0.922 bits per heavy atom. The fourth-order valence-electron chi connectivity index (χ4n) is 12.5. The highest BCUT2D eigenvalue weighted by Crippen LogP contribution is 2.70. The van der Waals surface area contributed by atoms with Gasteiger partial charge in [-0.05, 0) is 188 Å². The van der Waals surface area contributed by atoms with Gasteiger partial charge in [0, 0.05) is 5.41 Å². The molecule has 0 saturated heterocycles. The van der Waals surface area contributed by atoms with Gasteiger partial charge in [0.05, 0.1) is 0 Å². The molecule has 7 rings (SSSR count). The van der Waals surface area contributed by atoms with Gasteiger partial charge < -0.3 is 0 Å². The van der Waals surface area contributed by atoms with Crippen molar-refractivity contribution in [2.45, 2.75) is 139 Å². The van der Waals surface area contributed by atoms with Crippen LogP contribution in [0.3, 0.4) is 0 Å². The molecular weight excluding hydrogens is 613 g/mol. The molecule has 3 atom stereocenters. The lowest BCUT2D eigenvalue weighted by Gasteiger charge is -2.62. The summed E-state index contributed by atoms with van der Waals surface area (Å²) in [5.74, 6) is 2.01. The zero-order valence-corrected chi connectivity index (χ0v) is 33.8. The fraction of sp³-hybridized carbons (Fsp3) is 0.490. The van der Waals surface area contributed by atoms with E-state index in [9.17, 15) is 0 Å². The maximum absolute atomic E-state index is 5.03. The van der Waals surface area contributed by atoms with Crippen molar-refractivity contribution in [3.05, 3.63) is 140 Å². The molecule has 0 heteroatoms. The molecule has 51 heavy (non-hydrogen) atoms. The largest absolute Gasteiger partial charge is 0.0955 e. The zero-order chi connectivity index (χ0) is 36.8. The third kappa shape index (κ3) is 5.52. The summed E-state index contributed by atoms with van der Waals surface area (Å²) >= 11 is 0. The molecule has 0 aliphatic heterocycles. The Kier molecular flexibility index (Phi) is 8.92. The predicted molar refractivity (Wildman–Crippen MR) is 222 cm³/mol. The summed E-state index contributed by atoms with van der Waals surface area (Å²) < 4.78 is 0. The first-order valence-electron chi connectivity index (χ1n) is 20.1. The molecule has 0 spiro atoms. The molecule has 0 N–H and O–H groups in total. The van der Waals surface area contributed by atoms with Crippen molar-refractivity contribution < 1.29 is 0 Å². The molecule has 0 unspecified atom stereocenters. The minimum Gasteiger partial charge on any atom is -0.0955 e. The summed E-state index contributed by atoms with van der Waals surface area (Å²) in [6.45, 7) is 38.3. The summed E-state index contributed by atoms with van der Waals surface area (Å²) in [6.07, 6.45) is 16.0. The van der Waals surface area contributed by atoms with Crippen molar-refractivity contribution in [1.29, 1.82) is 0 Å². The summed E-state index contributed by atoms with van der Waals surface area (Å²) in [5, 5.41) is 0. The molecule has 0 nitrogen and oxygen atoms in total. The summed E-state index contributed by atoms with van der Waals surface area (Å²) in [4.78, 5) is 0. The highest BCUT2D eigenvalue weighted by Gasteiger charge is 2.60. The van der Waals surface area contributed by atoms with Gasteiger partial charge in [0.1, 0.15) is 0 Å². The molecule has 2 aromatic rings. The van der Waals surface area contributed by atoms with Crippen molar-refractivity contribution in [2.24, 2.45) is 22.2 Å². The molecule has 5 aliphatic carbocycles. The van der Waals surface area contributed by atoms with E-state index in [1.54, 1.807) is 16.7 Å². The topological polar surface area (TPSA) is 0 Å². The highest BCUT2D eigenvalue weighted by molar-refractivity contribution is 5.90. The van der Waals surface area contributed by atoms with Crippen LogP contribution >= 0.6 is 0 Å². The third-order valence-corrected chi connectivity index (χ3v) is 15.0. The molecule has 0 heterocycles. The van der Waals surface area contributed by atoms with E-state index >= 15 is 0 Å². The van der Waals surface area contributed by atoms with E-state index in [4.69, 9.17) is 13.2 Å². The summed E-state index contributed by atoms with van der Waals surface area (Å²) in [7, 11) is 0. The maximum atomic E-state index is 5.03. The van der Waals surface area contributed by atoms with Gasteiger partial charge in [-0.3, -0.25) is 0 Å². The maximum Gasteiger partial charge on any atom is 0.0194 e. The molecule has 0 bridgehead atoms. The van der Waals surface area contributed by atoms with Gasteiger partial charge in [-0.25, -0.2) is 0 Å². The van der Waals surface area contributed by atoms with Crippen LogP contribution in [0.15, 0.2) is 101 Å². The third-order valence-electron chi connectivity index (χ3n) is 15.0. The van der Waals surface area contributed by atoms with Gasteiger partial charge in [-0.2, -0.15) is 0 Å². The highest BCUT2D eigenvalue weighted by atomic mass is 14.6. The number of allylic oxidation sites excluding steroid dienone is 11. The normalized spacial score (nSPS) is 30.6. The Morgan fingerprint density at radius 2 is 1.61 bits per heavy atom. The number of hydrogen-bond acceptors (Lipinski definition) is 0. The summed E-state index contributed by atoms with van der Waals surface area (Å²) in [6, 6.07) is 11.6. The quantitative estimate of drug-likeness (QED) is 0.286. The second kappa shape index (κ2) is 12.6. The van der Waals surface area contributed by atoms with E-state index in [0.29, 0.717) is 5.92 Å². The molecular formula is C51H64. The minimum atomic E-state index is -0.131. The van der Waals surface area contributed by atoms with Crippen molar-refractivity contribution >= 4 is 11.1 Å². The number of benzene rings is 2. The smallest absolute Gasteiger partial charge is 0.0194 e. The SMILES string of the molecule is C=C(C)C1=C(C)C[C@@]2(C)C[C@@]3(C)Cc4c(C(C)C)cc(C5=CC=C(CC6CCC(c7ccccc7C)CC6)C5)c(C)c4C(=C)C3=C(C)[C@@]2(C)C1=C. The lowest BCUT2D eigenvalue weighted by molar-refractivity contribution is 0.0543. The van der Waals surface area contributed by atoms with Crippen molar-refractivity contribution in [1.82, 2.24) is 0 Å². The first-order chi connectivity index (χ1) is 24.0. The second-order valence-electron chi connectivity index (χ2n) is 18.8. The standard InChI is InChI=1S/C51H64/c1-30(2)43-26-44(41-23-20-39(25-41)24-38-18-21-40(22-19-38)42-17-15-14-16-32(42)5)34(7)47-35(8)48-37(10)51(13)36(9)46(31(3)4)33(6)27-50(51,12)29-49(48,11)28-45(43)47/h14-17,20,23,26,30,38,40H,3,8-9,18-19,21-22,24-25,27-29H2,1-2,4-7,10-13H3/t38?,40?,49-,50+,51-/m1/s1. The number of rotatable bonds is 6. The first-order valence-corrected chi connectivity index (χ1v) is 20.1. The van der Waals surface area contributed by atoms with Gasteiger partial charge in [-0.1, -0.05) is 119 Å². The molecule has 0 radical (unpaired) electrons. The number of aryl methyl sites for hydroxylation is 1. The monoisotopic (exact) mass is 677 g/mol. The molecule has 0 aromatic heterocycles. The van der Waals surface area contributed by atoms with Crippen LogP contribution in [0.5, 0.6) is 0 Å². The van der Waals surface area contributed by atoms with E-state index < -0.39 is 0 Å². The van der Waals surface area contributed by atoms with E-state index in [-0.39, 0.29) is 16.2 Å². The Balaban J connectivity index is 1.19. The predicted octanol–water partition coefficient (Wildman–Crippen LogP) is 14.7. The first kappa shape index (κ1) is 36.0. The van der Waals surface area contributed by atoms with Crippen LogP contribution in [0, 0.1) is 36.0 Å². The van der Waals surface area contributed by atoms with Crippen molar-refractivity contribution in [3.63, 3.8) is 0 Å².